The Hall–Kier alpha value is -2.30. The van der Waals surface area contributed by atoms with Gasteiger partial charge in [-0.3, -0.25) is 9.78 Å². The predicted molar refractivity (Wildman–Crippen MR) is 73.6 cm³/mol. The third kappa shape index (κ3) is 2.51. The van der Waals surface area contributed by atoms with Gasteiger partial charge in [-0.1, -0.05) is 6.07 Å². The van der Waals surface area contributed by atoms with Gasteiger partial charge in [0.25, 0.3) is 5.91 Å². The van der Waals surface area contributed by atoms with Gasteiger partial charge < -0.3 is 4.90 Å². The molecule has 2 aromatic rings. The van der Waals surface area contributed by atoms with Gasteiger partial charge in [0.05, 0.1) is 11.6 Å². The van der Waals surface area contributed by atoms with E-state index in [2.05, 4.69) is 4.98 Å². The number of amides is 1. The number of benzene rings is 1. The molecular formula is C16H14F2N2O. The number of carbonyl (C=O) groups excluding carboxylic acids is 1. The van der Waals surface area contributed by atoms with Crippen LogP contribution in [-0.2, 0) is 0 Å². The predicted octanol–water partition coefficient (Wildman–Crippen LogP) is 3.34. The summed E-state index contributed by atoms with van der Waals surface area (Å²) in [6.45, 7) is 0.543. The van der Waals surface area contributed by atoms with Gasteiger partial charge in [-0.05, 0) is 42.7 Å². The highest BCUT2D eigenvalue weighted by Crippen LogP contribution is 2.33. The van der Waals surface area contributed by atoms with Crippen LogP contribution >= 0.6 is 0 Å². The van der Waals surface area contributed by atoms with E-state index in [1.807, 2.05) is 12.1 Å². The molecule has 0 N–H and O–H groups in total. The summed E-state index contributed by atoms with van der Waals surface area (Å²) in [6, 6.07) is 7.27. The molecule has 5 heteroatoms. The normalized spacial score (nSPS) is 18.0. The molecule has 1 atom stereocenters. The number of halogens is 2. The molecule has 1 aliphatic heterocycles. The lowest BCUT2D eigenvalue weighted by Gasteiger charge is -2.25. The SMILES string of the molecule is O=C(c1cccc(F)c1F)N1CCCC1c1ccncc1. The summed E-state index contributed by atoms with van der Waals surface area (Å²) in [5.74, 6) is -2.55. The number of pyridine rings is 1. The summed E-state index contributed by atoms with van der Waals surface area (Å²) in [5.41, 5.74) is 0.753. The quantitative estimate of drug-likeness (QED) is 0.849. The zero-order valence-corrected chi connectivity index (χ0v) is 11.3. The second-order valence-electron chi connectivity index (χ2n) is 5.04. The maximum absolute atomic E-state index is 13.8. The van der Waals surface area contributed by atoms with Gasteiger partial charge in [0, 0.05) is 18.9 Å². The van der Waals surface area contributed by atoms with E-state index in [9.17, 15) is 13.6 Å². The molecule has 0 radical (unpaired) electrons. The van der Waals surface area contributed by atoms with Crippen molar-refractivity contribution in [3.8, 4) is 0 Å². The van der Waals surface area contributed by atoms with Crippen molar-refractivity contribution >= 4 is 5.91 Å². The average Bonchev–Trinajstić information content (AvgIpc) is 3.00. The Morgan fingerprint density at radius 1 is 1.19 bits per heavy atom. The number of likely N-dealkylation sites (tertiary alicyclic amines) is 1. The monoisotopic (exact) mass is 288 g/mol. The Morgan fingerprint density at radius 3 is 2.71 bits per heavy atom. The summed E-state index contributed by atoms with van der Waals surface area (Å²) in [4.78, 5) is 18.1. The third-order valence-electron chi connectivity index (χ3n) is 3.79. The molecule has 1 aliphatic rings. The minimum absolute atomic E-state index is 0.108. The molecule has 0 spiro atoms. The van der Waals surface area contributed by atoms with E-state index in [0.29, 0.717) is 6.54 Å². The molecule has 3 rings (SSSR count). The fourth-order valence-corrected chi connectivity index (χ4v) is 2.77. The number of hydrogen-bond acceptors (Lipinski definition) is 2. The summed E-state index contributed by atoms with van der Waals surface area (Å²) in [7, 11) is 0. The highest BCUT2D eigenvalue weighted by molar-refractivity contribution is 5.95. The second kappa shape index (κ2) is 5.60. The first kappa shape index (κ1) is 13.7. The fourth-order valence-electron chi connectivity index (χ4n) is 2.77. The summed E-state index contributed by atoms with van der Waals surface area (Å²) in [5, 5.41) is 0. The summed E-state index contributed by atoms with van der Waals surface area (Å²) >= 11 is 0. The van der Waals surface area contributed by atoms with E-state index >= 15 is 0 Å². The molecule has 1 amide bonds. The number of rotatable bonds is 2. The van der Waals surface area contributed by atoms with E-state index in [-0.39, 0.29) is 11.6 Å². The van der Waals surface area contributed by atoms with E-state index < -0.39 is 17.5 Å². The van der Waals surface area contributed by atoms with Gasteiger partial charge in [-0.2, -0.15) is 0 Å². The van der Waals surface area contributed by atoms with Crippen molar-refractivity contribution in [3.63, 3.8) is 0 Å². The van der Waals surface area contributed by atoms with Gasteiger partial charge in [0.1, 0.15) is 0 Å². The van der Waals surface area contributed by atoms with Crippen LogP contribution in [0.3, 0.4) is 0 Å². The zero-order valence-electron chi connectivity index (χ0n) is 11.3. The van der Waals surface area contributed by atoms with Crippen LogP contribution in [0.1, 0.15) is 34.8 Å². The van der Waals surface area contributed by atoms with Crippen LogP contribution in [0, 0.1) is 11.6 Å². The first-order valence-electron chi connectivity index (χ1n) is 6.83. The molecule has 0 bridgehead atoms. The Kier molecular flexibility index (Phi) is 3.64. The van der Waals surface area contributed by atoms with Crippen LogP contribution in [0.4, 0.5) is 8.78 Å². The zero-order chi connectivity index (χ0) is 14.8. The first-order chi connectivity index (χ1) is 10.2. The average molecular weight is 288 g/mol. The Balaban J connectivity index is 1.92. The van der Waals surface area contributed by atoms with Crippen molar-refractivity contribution in [1.82, 2.24) is 9.88 Å². The lowest BCUT2D eigenvalue weighted by atomic mass is 10.1. The van der Waals surface area contributed by atoms with Crippen LogP contribution < -0.4 is 0 Å². The van der Waals surface area contributed by atoms with Gasteiger partial charge in [0.2, 0.25) is 0 Å². The van der Waals surface area contributed by atoms with Crippen molar-refractivity contribution in [2.75, 3.05) is 6.54 Å². The number of hydrogen-bond donors (Lipinski definition) is 0. The molecule has 1 aromatic carbocycles. The molecule has 0 saturated carbocycles. The minimum Gasteiger partial charge on any atom is -0.332 e. The fraction of sp³-hybridized carbons (Fsp3) is 0.250. The second-order valence-corrected chi connectivity index (χ2v) is 5.04. The van der Waals surface area contributed by atoms with Crippen LogP contribution in [0.5, 0.6) is 0 Å². The smallest absolute Gasteiger partial charge is 0.257 e. The molecule has 0 aliphatic carbocycles. The van der Waals surface area contributed by atoms with E-state index in [1.165, 1.54) is 12.1 Å². The standard InChI is InChI=1S/C16H14F2N2O/c17-13-4-1-3-12(15(13)18)16(21)20-10-2-5-14(20)11-6-8-19-9-7-11/h1,3-4,6-9,14H,2,5,10H2. The van der Waals surface area contributed by atoms with Crippen LogP contribution in [0.2, 0.25) is 0 Å². The van der Waals surface area contributed by atoms with Gasteiger partial charge in [0.15, 0.2) is 11.6 Å². The lowest BCUT2D eigenvalue weighted by molar-refractivity contribution is 0.0729. The molecular weight excluding hydrogens is 274 g/mol. The number of nitrogens with zero attached hydrogens (tertiary/aromatic N) is 2. The highest BCUT2D eigenvalue weighted by atomic mass is 19.2. The Bertz CT molecular complexity index is 661. The van der Waals surface area contributed by atoms with Crippen molar-refractivity contribution in [3.05, 3.63) is 65.5 Å². The largest absolute Gasteiger partial charge is 0.332 e. The van der Waals surface area contributed by atoms with Crippen LogP contribution in [-0.4, -0.2) is 22.3 Å². The molecule has 2 heterocycles. The first-order valence-corrected chi connectivity index (χ1v) is 6.83. The summed E-state index contributed by atoms with van der Waals surface area (Å²) < 4.78 is 27.1. The maximum atomic E-state index is 13.8. The third-order valence-corrected chi connectivity index (χ3v) is 3.79. The van der Waals surface area contributed by atoms with Gasteiger partial charge in [-0.25, -0.2) is 8.78 Å². The number of carbonyl (C=O) groups is 1. The molecule has 108 valence electrons. The van der Waals surface area contributed by atoms with E-state index in [1.54, 1.807) is 17.3 Å². The summed E-state index contributed by atoms with van der Waals surface area (Å²) in [6.07, 6.45) is 4.99. The van der Waals surface area contributed by atoms with E-state index in [0.717, 1.165) is 24.5 Å². The topological polar surface area (TPSA) is 33.2 Å². The van der Waals surface area contributed by atoms with Crippen molar-refractivity contribution in [2.24, 2.45) is 0 Å². The molecule has 3 nitrogen and oxygen atoms in total. The lowest BCUT2D eigenvalue weighted by Crippen LogP contribution is -2.31. The van der Waals surface area contributed by atoms with Crippen molar-refractivity contribution in [2.45, 2.75) is 18.9 Å². The van der Waals surface area contributed by atoms with Crippen LogP contribution in [0.25, 0.3) is 0 Å². The van der Waals surface area contributed by atoms with Crippen molar-refractivity contribution in [1.29, 1.82) is 0 Å². The molecule has 1 fully saturated rings. The number of aromatic nitrogens is 1. The molecule has 1 unspecified atom stereocenters. The Labute approximate surface area is 121 Å². The molecule has 21 heavy (non-hydrogen) atoms. The maximum Gasteiger partial charge on any atom is 0.257 e. The minimum atomic E-state index is -1.08. The Morgan fingerprint density at radius 2 is 1.95 bits per heavy atom. The van der Waals surface area contributed by atoms with Crippen molar-refractivity contribution < 1.29 is 13.6 Å². The molecule has 1 aromatic heterocycles. The molecule has 1 saturated heterocycles. The highest BCUT2D eigenvalue weighted by Gasteiger charge is 2.32. The van der Waals surface area contributed by atoms with E-state index in [4.69, 9.17) is 0 Å². The van der Waals surface area contributed by atoms with Gasteiger partial charge in [-0.15, -0.1) is 0 Å². The van der Waals surface area contributed by atoms with Crippen LogP contribution in [0.15, 0.2) is 42.7 Å². The van der Waals surface area contributed by atoms with Gasteiger partial charge >= 0.3 is 0 Å².